The average Bonchev–Trinajstić information content (AvgIpc) is 3.58. The number of furan rings is 1. The molecule has 2 heteroatoms. The number of hydrogen-bond acceptors (Lipinski definition) is 2. The summed E-state index contributed by atoms with van der Waals surface area (Å²) in [7, 11) is 0. The molecule has 1 heterocycles. The molecule has 0 saturated heterocycles. The number of nitrogens with zero attached hydrogens (tertiary/aromatic N) is 1. The van der Waals surface area contributed by atoms with Crippen LogP contribution in [0.25, 0.3) is 66.4 Å². The van der Waals surface area contributed by atoms with E-state index in [4.69, 9.17) is 4.42 Å². The van der Waals surface area contributed by atoms with Crippen molar-refractivity contribution < 1.29 is 4.42 Å². The highest BCUT2D eigenvalue weighted by atomic mass is 16.3. The third-order valence-electron chi connectivity index (χ3n) is 9.48. The van der Waals surface area contributed by atoms with Gasteiger partial charge in [0.05, 0.1) is 5.69 Å². The minimum absolute atomic E-state index is 0.901. The van der Waals surface area contributed by atoms with E-state index in [1.54, 1.807) is 0 Å². The Balaban J connectivity index is 1.18. The van der Waals surface area contributed by atoms with Crippen LogP contribution < -0.4 is 4.90 Å². The van der Waals surface area contributed by atoms with Crippen molar-refractivity contribution in [2.45, 2.75) is 0 Å². The summed E-state index contributed by atoms with van der Waals surface area (Å²) < 4.78 is 6.45. The van der Waals surface area contributed by atoms with Gasteiger partial charge in [-0.25, -0.2) is 0 Å². The van der Waals surface area contributed by atoms with E-state index >= 15 is 0 Å². The van der Waals surface area contributed by atoms with E-state index in [0.29, 0.717) is 0 Å². The van der Waals surface area contributed by atoms with Crippen LogP contribution >= 0.6 is 0 Å². The van der Waals surface area contributed by atoms with E-state index in [1.165, 1.54) is 22.3 Å². The summed E-state index contributed by atoms with van der Waals surface area (Å²) >= 11 is 0. The first-order valence-electron chi connectivity index (χ1n) is 17.0. The van der Waals surface area contributed by atoms with Crippen LogP contribution in [0.15, 0.2) is 205 Å². The molecular formula is C48H33NO. The highest BCUT2D eigenvalue weighted by molar-refractivity contribution is 6.11. The quantitative estimate of drug-likeness (QED) is 0.173. The van der Waals surface area contributed by atoms with Crippen LogP contribution in [0, 0.1) is 0 Å². The third-order valence-corrected chi connectivity index (χ3v) is 9.48. The minimum atomic E-state index is 0.901. The van der Waals surface area contributed by atoms with Crippen molar-refractivity contribution in [1.29, 1.82) is 0 Å². The molecule has 0 aliphatic heterocycles. The molecule has 0 spiro atoms. The van der Waals surface area contributed by atoms with Crippen molar-refractivity contribution in [3.63, 3.8) is 0 Å². The Bertz CT molecular complexity index is 2550. The normalized spacial score (nSPS) is 11.2. The number of para-hydroxylation sites is 2. The Kier molecular flexibility index (Phi) is 7.53. The van der Waals surface area contributed by atoms with Crippen LogP contribution in [0.3, 0.4) is 0 Å². The Morgan fingerprint density at radius 2 is 0.800 bits per heavy atom. The smallest absolute Gasteiger partial charge is 0.143 e. The Morgan fingerprint density at radius 1 is 0.320 bits per heavy atom. The predicted octanol–water partition coefficient (Wildman–Crippen LogP) is 13.7. The monoisotopic (exact) mass is 639 g/mol. The first-order chi connectivity index (χ1) is 24.8. The lowest BCUT2D eigenvalue weighted by Crippen LogP contribution is -2.11. The largest absolute Gasteiger partial charge is 0.455 e. The van der Waals surface area contributed by atoms with Crippen molar-refractivity contribution in [1.82, 2.24) is 0 Å². The van der Waals surface area contributed by atoms with Gasteiger partial charge in [0.15, 0.2) is 0 Å². The van der Waals surface area contributed by atoms with E-state index in [2.05, 4.69) is 193 Å². The van der Waals surface area contributed by atoms with Gasteiger partial charge in [0, 0.05) is 33.3 Å². The maximum atomic E-state index is 6.45. The van der Waals surface area contributed by atoms with E-state index in [-0.39, 0.29) is 0 Å². The van der Waals surface area contributed by atoms with Gasteiger partial charge in [-0.05, 0) is 81.9 Å². The number of hydrogen-bond donors (Lipinski definition) is 0. The molecule has 0 aliphatic carbocycles. The van der Waals surface area contributed by atoms with Crippen molar-refractivity contribution in [3.8, 4) is 44.5 Å². The minimum Gasteiger partial charge on any atom is -0.455 e. The van der Waals surface area contributed by atoms with E-state index in [1.807, 2.05) is 12.1 Å². The molecule has 9 rings (SSSR count). The summed E-state index contributed by atoms with van der Waals surface area (Å²) in [5.74, 6) is 0. The number of fused-ring (bicyclic) bond motifs is 3. The predicted molar refractivity (Wildman–Crippen MR) is 210 cm³/mol. The Morgan fingerprint density at radius 3 is 1.44 bits per heavy atom. The molecule has 1 aromatic heterocycles. The molecule has 2 nitrogen and oxygen atoms in total. The summed E-state index contributed by atoms with van der Waals surface area (Å²) in [6.45, 7) is 0. The van der Waals surface area contributed by atoms with Crippen molar-refractivity contribution in [2.75, 3.05) is 4.90 Å². The zero-order valence-corrected chi connectivity index (χ0v) is 27.4. The molecule has 236 valence electrons. The van der Waals surface area contributed by atoms with Crippen LogP contribution in [0.4, 0.5) is 17.1 Å². The van der Waals surface area contributed by atoms with E-state index < -0.39 is 0 Å². The summed E-state index contributed by atoms with van der Waals surface area (Å²) in [5, 5.41) is 2.25. The SMILES string of the molecule is c1ccc(-c2ccc(N(c3ccc(-c4cc(-c5ccccc5)c5oc6ccccc6c5c4)cc3)c3ccccc3-c3ccccc3)cc2)cc1. The van der Waals surface area contributed by atoms with Crippen molar-refractivity contribution in [3.05, 3.63) is 200 Å². The van der Waals surface area contributed by atoms with Gasteiger partial charge >= 0.3 is 0 Å². The van der Waals surface area contributed by atoms with Crippen LogP contribution in [0.1, 0.15) is 0 Å². The molecule has 0 N–H and O–H groups in total. The zero-order chi connectivity index (χ0) is 33.3. The van der Waals surface area contributed by atoms with Crippen LogP contribution in [-0.2, 0) is 0 Å². The highest BCUT2D eigenvalue weighted by Gasteiger charge is 2.19. The fourth-order valence-corrected chi connectivity index (χ4v) is 7.02. The highest BCUT2D eigenvalue weighted by Crippen LogP contribution is 2.43. The molecule has 0 unspecified atom stereocenters. The second kappa shape index (κ2) is 12.8. The first kappa shape index (κ1) is 29.5. The van der Waals surface area contributed by atoms with Gasteiger partial charge in [-0.2, -0.15) is 0 Å². The van der Waals surface area contributed by atoms with Gasteiger partial charge in [0.2, 0.25) is 0 Å². The van der Waals surface area contributed by atoms with Gasteiger partial charge in [0.1, 0.15) is 11.2 Å². The lowest BCUT2D eigenvalue weighted by molar-refractivity contribution is 0.670. The summed E-state index contributed by atoms with van der Waals surface area (Å²) in [6.07, 6.45) is 0. The third kappa shape index (κ3) is 5.43. The van der Waals surface area contributed by atoms with Gasteiger partial charge in [-0.3, -0.25) is 0 Å². The fraction of sp³-hybridized carbons (Fsp3) is 0. The maximum absolute atomic E-state index is 6.45. The molecule has 0 bridgehead atoms. The number of benzene rings is 8. The molecule has 0 atom stereocenters. The molecule has 0 fully saturated rings. The van der Waals surface area contributed by atoms with Crippen LogP contribution in [0.2, 0.25) is 0 Å². The molecule has 50 heavy (non-hydrogen) atoms. The Labute approximate surface area is 292 Å². The topological polar surface area (TPSA) is 16.4 Å². The van der Waals surface area contributed by atoms with Crippen LogP contribution in [0.5, 0.6) is 0 Å². The number of anilines is 3. The maximum Gasteiger partial charge on any atom is 0.143 e. The second-order valence-corrected chi connectivity index (χ2v) is 12.5. The number of rotatable bonds is 7. The summed E-state index contributed by atoms with van der Waals surface area (Å²) in [4.78, 5) is 2.36. The molecule has 8 aromatic carbocycles. The van der Waals surface area contributed by atoms with E-state index in [0.717, 1.165) is 61.3 Å². The molecule has 0 amide bonds. The fourth-order valence-electron chi connectivity index (χ4n) is 7.02. The zero-order valence-electron chi connectivity index (χ0n) is 27.4. The molecule has 9 aromatic rings. The first-order valence-corrected chi connectivity index (χ1v) is 17.0. The van der Waals surface area contributed by atoms with E-state index in [9.17, 15) is 0 Å². The summed E-state index contributed by atoms with van der Waals surface area (Å²) in [6, 6.07) is 71.0. The van der Waals surface area contributed by atoms with Crippen molar-refractivity contribution in [2.24, 2.45) is 0 Å². The second-order valence-electron chi connectivity index (χ2n) is 12.5. The van der Waals surface area contributed by atoms with Gasteiger partial charge < -0.3 is 9.32 Å². The van der Waals surface area contributed by atoms with Crippen molar-refractivity contribution >= 4 is 39.0 Å². The standard InChI is InChI=1S/C48H33NO/c1-4-14-34(15-5-1)35-24-28-40(29-25-35)49(46-22-12-10-20-42(46)37-16-6-2-7-17-37)41-30-26-36(27-31-41)39-32-44(38-18-8-3-9-19-38)48-45(33-39)43-21-11-13-23-47(43)50-48/h1-33H. The average molecular weight is 640 g/mol. The Hall–Kier alpha value is -6.64. The molecule has 0 aliphatic rings. The summed E-state index contributed by atoms with van der Waals surface area (Å²) in [5.41, 5.74) is 14.4. The van der Waals surface area contributed by atoms with Gasteiger partial charge in [-0.15, -0.1) is 0 Å². The van der Waals surface area contributed by atoms with Gasteiger partial charge in [-0.1, -0.05) is 152 Å². The van der Waals surface area contributed by atoms with Gasteiger partial charge in [0.25, 0.3) is 0 Å². The lowest BCUT2D eigenvalue weighted by Gasteiger charge is -2.28. The molecular weight excluding hydrogens is 607 g/mol. The molecule has 0 radical (unpaired) electrons. The lowest BCUT2D eigenvalue weighted by atomic mass is 9.95. The molecule has 0 saturated carbocycles. The van der Waals surface area contributed by atoms with Crippen LogP contribution in [-0.4, -0.2) is 0 Å².